The molecule has 21 heavy (non-hydrogen) atoms. The molecule has 0 aliphatic rings. The number of hydrogen-bond acceptors (Lipinski definition) is 5. The molecule has 7 heteroatoms. The molecule has 7 nitrogen and oxygen atoms in total. The van der Waals surface area contributed by atoms with Crippen molar-refractivity contribution in [1.82, 2.24) is 9.55 Å². The lowest BCUT2D eigenvalue weighted by molar-refractivity contribution is 0.409. The van der Waals surface area contributed by atoms with E-state index in [0.717, 1.165) is 4.57 Å². The summed E-state index contributed by atoms with van der Waals surface area (Å²) in [6.45, 7) is 5.40. The monoisotopic (exact) mass is 289 g/mol. The number of nitrogens with zero attached hydrogens (tertiary/aromatic N) is 2. The van der Waals surface area contributed by atoms with Crippen LogP contribution in [0.5, 0.6) is 5.88 Å². The summed E-state index contributed by atoms with van der Waals surface area (Å²) >= 11 is 0. The van der Waals surface area contributed by atoms with Gasteiger partial charge in [0.05, 0.1) is 18.5 Å². The summed E-state index contributed by atoms with van der Waals surface area (Å²) in [5, 5.41) is 10.1. The molecular weight excluding hydrogens is 274 g/mol. The van der Waals surface area contributed by atoms with Crippen molar-refractivity contribution in [3.05, 3.63) is 63.2 Å². The first-order chi connectivity index (χ1) is 10.0. The molecule has 2 heterocycles. The van der Waals surface area contributed by atoms with Crippen LogP contribution in [0.25, 0.3) is 0 Å². The second-order valence-corrected chi connectivity index (χ2v) is 4.34. The second kappa shape index (κ2) is 6.08. The van der Waals surface area contributed by atoms with Crippen LogP contribution in [0.15, 0.2) is 50.0 Å². The van der Waals surface area contributed by atoms with E-state index in [9.17, 15) is 14.7 Å². The fourth-order valence-corrected chi connectivity index (χ4v) is 1.86. The normalized spacial score (nSPS) is 11.6. The van der Waals surface area contributed by atoms with E-state index >= 15 is 0 Å². The van der Waals surface area contributed by atoms with Crippen molar-refractivity contribution in [2.45, 2.75) is 20.0 Å². The van der Waals surface area contributed by atoms with Gasteiger partial charge in [-0.1, -0.05) is 6.08 Å². The fraction of sp³-hybridized carbons (Fsp3) is 0.214. The highest BCUT2D eigenvalue weighted by Crippen LogP contribution is 2.12. The number of aliphatic imine (C=N–C) groups is 1. The maximum absolute atomic E-state index is 11.9. The van der Waals surface area contributed by atoms with Crippen LogP contribution in [0.1, 0.15) is 18.2 Å². The molecule has 0 aromatic carbocycles. The van der Waals surface area contributed by atoms with Gasteiger partial charge in [0.2, 0.25) is 5.88 Å². The van der Waals surface area contributed by atoms with Crippen molar-refractivity contribution in [1.29, 1.82) is 0 Å². The quantitative estimate of drug-likeness (QED) is 0.634. The van der Waals surface area contributed by atoms with Gasteiger partial charge in [0.15, 0.2) is 0 Å². The summed E-state index contributed by atoms with van der Waals surface area (Å²) in [5.41, 5.74) is -1.11. The molecule has 0 aliphatic heterocycles. The number of aromatic hydroxyl groups is 1. The third-order valence-corrected chi connectivity index (χ3v) is 2.90. The number of allylic oxidation sites excluding steroid dienone is 1. The highest BCUT2D eigenvalue weighted by molar-refractivity contribution is 6.00. The molecule has 0 saturated carbocycles. The largest absolute Gasteiger partial charge is 0.494 e. The van der Waals surface area contributed by atoms with Crippen molar-refractivity contribution in [2.75, 3.05) is 0 Å². The lowest BCUT2D eigenvalue weighted by atomic mass is 10.2. The minimum absolute atomic E-state index is 0.0389. The first-order valence-corrected chi connectivity index (χ1v) is 6.25. The molecule has 0 spiro atoms. The van der Waals surface area contributed by atoms with Crippen LogP contribution in [0.3, 0.4) is 0 Å². The lowest BCUT2D eigenvalue weighted by Gasteiger charge is -2.09. The van der Waals surface area contributed by atoms with Crippen molar-refractivity contribution in [3.63, 3.8) is 0 Å². The molecule has 2 aromatic heterocycles. The molecule has 0 radical (unpaired) electrons. The van der Waals surface area contributed by atoms with Crippen molar-refractivity contribution < 1.29 is 9.52 Å². The van der Waals surface area contributed by atoms with Crippen molar-refractivity contribution >= 4 is 5.71 Å². The van der Waals surface area contributed by atoms with Gasteiger partial charge in [0.1, 0.15) is 11.3 Å². The van der Waals surface area contributed by atoms with Crippen molar-refractivity contribution in [3.8, 4) is 5.88 Å². The highest BCUT2D eigenvalue weighted by atomic mass is 16.3. The summed E-state index contributed by atoms with van der Waals surface area (Å²) in [7, 11) is 0. The SMILES string of the molecule is C=CCn1c(O)c(C(C)=NCc2ccco2)c(=O)[nH]c1=O. The van der Waals surface area contributed by atoms with Crippen LogP contribution in [-0.4, -0.2) is 20.4 Å². The number of H-pyrrole nitrogens is 1. The van der Waals surface area contributed by atoms with E-state index in [1.165, 1.54) is 12.3 Å². The van der Waals surface area contributed by atoms with Gasteiger partial charge < -0.3 is 9.52 Å². The fourth-order valence-electron chi connectivity index (χ4n) is 1.86. The van der Waals surface area contributed by atoms with Gasteiger partial charge in [-0.25, -0.2) is 4.79 Å². The molecule has 0 aliphatic carbocycles. The number of nitrogens with one attached hydrogen (secondary N) is 1. The molecule has 2 N–H and O–H groups in total. The zero-order chi connectivity index (χ0) is 15.4. The van der Waals surface area contributed by atoms with Crippen molar-refractivity contribution in [2.24, 2.45) is 4.99 Å². The maximum Gasteiger partial charge on any atom is 0.331 e. The summed E-state index contributed by atoms with van der Waals surface area (Å²) < 4.78 is 6.15. The first-order valence-electron chi connectivity index (χ1n) is 6.25. The first kappa shape index (κ1) is 14.6. The van der Waals surface area contributed by atoms with Gasteiger partial charge >= 0.3 is 5.69 Å². The smallest absolute Gasteiger partial charge is 0.331 e. The average Bonchev–Trinajstić information content (AvgIpc) is 2.94. The Bertz CT molecular complexity index is 782. The van der Waals surface area contributed by atoms with E-state index in [4.69, 9.17) is 4.42 Å². The zero-order valence-corrected chi connectivity index (χ0v) is 11.5. The van der Waals surface area contributed by atoms with E-state index in [1.807, 2.05) is 0 Å². The summed E-state index contributed by atoms with van der Waals surface area (Å²) in [6.07, 6.45) is 2.97. The summed E-state index contributed by atoms with van der Waals surface area (Å²) in [4.78, 5) is 29.8. The Hall–Kier alpha value is -2.83. The van der Waals surface area contributed by atoms with Crippen LogP contribution in [0, 0.1) is 0 Å². The van der Waals surface area contributed by atoms with Crippen LogP contribution in [-0.2, 0) is 13.1 Å². The Morgan fingerprint density at radius 3 is 2.95 bits per heavy atom. The third kappa shape index (κ3) is 3.02. The Kier molecular flexibility index (Phi) is 4.22. The molecule has 2 aromatic rings. The van der Waals surface area contributed by atoms with Gasteiger partial charge in [0, 0.05) is 6.54 Å². The lowest BCUT2D eigenvalue weighted by Crippen LogP contribution is -2.33. The molecule has 0 bridgehead atoms. The van der Waals surface area contributed by atoms with Crippen LogP contribution >= 0.6 is 0 Å². The molecule has 0 unspecified atom stereocenters. The van der Waals surface area contributed by atoms with Crippen LogP contribution in [0.4, 0.5) is 0 Å². The minimum Gasteiger partial charge on any atom is -0.494 e. The third-order valence-electron chi connectivity index (χ3n) is 2.90. The number of aromatic amines is 1. The Morgan fingerprint density at radius 1 is 1.57 bits per heavy atom. The molecule has 0 atom stereocenters. The number of hydrogen-bond donors (Lipinski definition) is 2. The predicted molar refractivity (Wildman–Crippen MR) is 77.8 cm³/mol. The minimum atomic E-state index is -0.694. The van der Waals surface area contributed by atoms with Crippen LogP contribution < -0.4 is 11.2 Å². The van der Waals surface area contributed by atoms with Gasteiger partial charge in [0.25, 0.3) is 5.56 Å². The number of rotatable bonds is 5. The van der Waals surface area contributed by atoms with E-state index in [-0.39, 0.29) is 18.7 Å². The molecule has 0 fully saturated rings. The summed E-state index contributed by atoms with van der Waals surface area (Å²) in [5.74, 6) is 0.203. The van der Waals surface area contributed by atoms with Gasteiger partial charge in [-0.2, -0.15) is 0 Å². The zero-order valence-electron chi connectivity index (χ0n) is 11.5. The predicted octanol–water partition coefficient (Wildman–Crippen LogP) is 1.03. The molecule has 0 amide bonds. The van der Waals surface area contributed by atoms with Gasteiger partial charge in [-0.3, -0.25) is 19.3 Å². The second-order valence-electron chi connectivity index (χ2n) is 4.34. The molecule has 2 rings (SSSR count). The van der Waals surface area contributed by atoms with E-state index in [2.05, 4.69) is 16.6 Å². The standard InChI is InChI=1S/C14H15N3O4/c1-3-6-17-13(19)11(12(18)16-14(17)20)9(2)15-8-10-5-4-7-21-10/h3-5,7,19H,1,6,8H2,2H3,(H,16,18,20). The molecular formula is C14H15N3O4. The number of aromatic nitrogens is 2. The average molecular weight is 289 g/mol. The maximum atomic E-state index is 11.9. The Balaban J connectivity index is 2.45. The Morgan fingerprint density at radius 2 is 2.33 bits per heavy atom. The molecule has 110 valence electrons. The number of furan rings is 1. The van der Waals surface area contributed by atoms with E-state index in [0.29, 0.717) is 11.5 Å². The van der Waals surface area contributed by atoms with E-state index in [1.54, 1.807) is 19.1 Å². The molecule has 0 saturated heterocycles. The van der Waals surface area contributed by atoms with Gasteiger partial charge in [-0.15, -0.1) is 6.58 Å². The summed E-state index contributed by atoms with van der Waals surface area (Å²) in [6, 6.07) is 3.48. The van der Waals surface area contributed by atoms with Gasteiger partial charge in [-0.05, 0) is 19.1 Å². The Labute approximate surface area is 119 Å². The van der Waals surface area contributed by atoms with Crippen LogP contribution in [0.2, 0.25) is 0 Å². The van der Waals surface area contributed by atoms with E-state index < -0.39 is 17.1 Å². The highest BCUT2D eigenvalue weighted by Gasteiger charge is 2.15. The topological polar surface area (TPSA) is 101 Å².